The Kier molecular flexibility index (Phi) is 874. The summed E-state index contributed by atoms with van der Waals surface area (Å²) in [6.07, 6.45) is 0. The Morgan fingerprint density at radius 1 is 0.571 bits per heavy atom. The Balaban J connectivity index is 0. The molecule has 0 aliphatic rings. The SMILES string of the molecule is O.O.O.[Cl-].[Na+].[Sc].[Sc]. The van der Waals surface area contributed by atoms with Crippen molar-refractivity contribution in [3.63, 3.8) is 0 Å². The third kappa shape index (κ3) is 50.2. The first-order valence-electron chi connectivity index (χ1n) is 0. The Labute approximate surface area is 108 Å². The number of halogens is 1. The maximum absolute atomic E-state index is 0. The zero-order valence-electron chi connectivity index (χ0n) is 4.03. The third-order valence-corrected chi connectivity index (χ3v) is 0. The minimum atomic E-state index is 0. The average molecular weight is 202 g/mol. The summed E-state index contributed by atoms with van der Waals surface area (Å²) in [5, 5.41) is 0. The van der Waals surface area contributed by atoms with Crippen molar-refractivity contribution >= 4 is 0 Å². The fraction of sp³-hybridized carbons (Fsp3) is 0. The molecule has 0 aliphatic heterocycles. The van der Waals surface area contributed by atoms with Crippen LogP contribution in [0.5, 0.6) is 0 Å². The molecule has 0 aliphatic carbocycles. The van der Waals surface area contributed by atoms with E-state index in [0.717, 1.165) is 0 Å². The first-order chi connectivity index (χ1) is 0. The molecule has 6 N–H and O–H groups in total. The molecule has 0 saturated carbocycles. The molecule has 0 atom stereocenters. The summed E-state index contributed by atoms with van der Waals surface area (Å²) in [7, 11) is 0. The molecule has 7 heavy (non-hydrogen) atoms. The van der Waals surface area contributed by atoms with Crippen LogP contribution in [0.3, 0.4) is 0 Å². The van der Waals surface area contributed by atoms with Gasteiger partial charge in [-0.05, 0) is 0 Å². The largest absolute Gasteiger partial charge is 1.00 e. The van der Waals surface area contributed by atoms with E-state index in [1.165, 1.54) is 0 Å². The summed E-state index contributed by atoms with van der Waals surface area (Å²) < 4.78 is 0. The maximum atomic E-state index is 0. The van der Waals surface area contributed by atoms with Crippen LogP contribution >= 0.6 is 0 Å². The van der Waals surface area contributed by atoms with E-state index in [9.17, 15) is 0 Å². The van der Waals surface area contributed by atoms with E-state index in [1.54, 1.807) is 0 Å². The van der Waals surface area contributed by atoms with Gasteiger partial charge in [-0.2, -0.15) is 0 Å². The Hall–Kier alpha value is 2.91. The molecule has 7 heteroatoms. The van der Waals surface area contributed by atoms with Crippen LogP contribution in [-0.4, -0.2) is 16.4 Å². The van der Waals surface area contributed by atoms with Crippen molar-refractivity contribution in [1.82, 2.24) is 0 Å². The summed E-state index contributed by atoms with van der Waals surface area (Å²) in [5.74, 6) is 0. The van der Waals surface area contributed by atoms with E-state index in [0.29, 0.717) is 0 Å². The van der Waals surface area contributed by atoms with E-state index in [2.05, 4.69) is 0 Å². The molecule has 0 aromatic carbocycles. The molecule has 3 nitrogen and oxygen atoms in total. The van der Waals surface area contributed by atoms with Gasteiger partial charge in [0.15, 0.2) is 0 Å². The van der Waals surface area contributed by atoms with E-state index in [-0.39, 0.29) is 110 Å². The second-order valence-electron chi connectivity index (χ2n) is 0. The molecule has 0 heterocycles. The van der Waals surface area contributed by atoms with E-state index in [4.69, 9.17) is 0 Å². The Morgan fingerprint density at radius 2 is 0.571 bits per heavy atom. The van der Waals surface area contributed by atoms with Gasteiger partial charge in [0.2, 0.25) is 0 Å². The van der Waals surface area contributed by atoms with Crippen molar-refractivity contribution in [2.75, 3.05) is 0 Å². The standard InChI is InChI=1S/ClH.Na.3H2O.2Sc/h1H;;3*1H2;;/q;+1;;;;;/p-1. The van der Waals surface area contributed by atoms with Crippen LogP contribution in [-0.2, 0) is 51.7 Å². The Bertz CT molecular complexity index is 12.9. The van der Waals surface area contributed by atoms with Crippen molar-refractivity contribution in [2.45, 2.75) is 0 Å². The van der Waals surface area contributed by atoms with Crippen molar-refractivity contribution in [3.8, 4) is 0 Å². The van der Waals surface area contributed by atoms with Crippen LogP contribution in [0.4, 0.5) is 0 Å². The molecule has 0 bridgehead atoms. The minimum Gasteiger partial charge on any atom is -1.00 e. The van der Waals surface area contributed by atoms with E-state index >= 15 is 0 Å². The number of hydrogen-bond acceptors (Lipinski definition) is 0. The van der Waals surface area contributed by atoms with Gasteiger partial charge in [0.05, 0.1) is 0 Å². The molecule has 0 amide bonds. The summed E-state index contributed by atoms with van der Waals surface area (Å²) >= 11 is 0. The molecular weight excluding hydrogens is 196 g/mol. The second kappa shape index (κ2) is 65.8. The molecule has 0 spiro atoms. The predicted molar refractivity (Wildman–Crippen MR) is 10.8 cm³/mol. The quantitative estimate of drug-likeness (QED) is 0.349. The van der Waals surface area contributed by atoms with Gasteiger partial charge in [0.25, 0.3) is 0 Å². The van der Waals surface area contributed by atoms with E-state index < -0.39 is 0 Å². The number of rotatable bonds is 0. The van der Waals surface area contributed by atoms with Crippen molar-refractivity contribution < 1.29 is 110 Å². The van der Waals surface area contributed by atoms with Gasteiger partial charge in [-0.3, -0.25) is 0 Å². The van der Waals surface area contributed by atoms with Crippen LogP contribution in [0.25, 0.3) is 0 Å². The van der Waals surface area contributed by atoms with Crippen LogP contribution in [0.1, 0.15) is 0 Å². The first-order valence-corrected chi connectivity index (χ1v) is 0. The molecule has 38 valence electrons. The van der Waals surface area contributed by atoms with Gasteiger partial charge < -0.3 is 28.8 Å². The zero-order valence-corrected chi connectivity index (χ0v) is 10.4. The van der Waals surface area contributed by atoms with Gasteiger partial charge in [0, 0.05) is 51.7 Å². The normalized spacial score (nSPS) is 0. The summed E-state index contributed by atoms with van der Waals surface area (Å²) in [5.41, 5.74) is 0. The molecule has 0 saturated heterocycles. The van der Waals surface area contributed by atoms with Crippen molar-refractivity contribution in [1.29, 1.82) is 0 Å². The van der Waals surface area contributed by atoms with Gasteiger partial charge in [0.1, 0.15) is 0 Å². The summed E-state index contributed by atoms with van der Waals surface area (Å²) in [4.78, 5) is 0. The van der Waals surface area contributed by atoms with Crippen LogP contribution in [0.15, 0.2) is 0 Å². The van der Waals surface area contributed by atoms with Crippen LogP contribution < -0.4 is 42.0 Å². The number of hydrogen-bond donors (Lipinski definition) is 0. The van der Waals surface area contributed by atoms with Crippen molar-refractivity contribution in [3.05, 3.63) is 0 Å². The summed E-state index contributed by atoms with van der Waals surface area (Å²) in [6.45, 7) is 0. The molecule has 2 radical (unpaired) electrons. The Morgan fingerprint density at radius 3 is 0.571 bits per heavy atom. The summed E-state index contributed by atoms with van der Waals surface area (Å²) in [6, 6.07) is 0. The fourth-order valence-electron chi connectivity index (χ4n) is 0. The van der Waals surface area contributed by atoms with Gasteiger partial charge in [-0.25, -0.2) is 0 Å². The van der Waals surface area contributed by atoms with E-state index in [1.807, 2.05) is 0 Å². The monoisotopic (exact) mass is 202 g/mol. The molecule has 0 aromatic heterocycles. The topological polar surface area (TPSA) is 94.5 Å². The smallest absolute Gasteiger partial charge is 1.00 e. The van der Waals surface area contributed by atoms with Gasteiger partial charge >= 0.3 is 29.6 Å². The predicted octanol–water partition coefficient (Wildman–Crippen LogP) is -8.47. The first kappa shape index (κ1) is 92.9. The second-order valence-corrected chi connectivity index (χ2v) is 0. The van der Waals surface area contributed by atoms with Crippen molar-refractivity contribution in [2.24, 2.45) is 0 Å². The minimum absolute atomic E-state index is 0. The molecule has 0 unspecified atom stereocenters. The molecule has 0 rings (SSSR count). The maximum Gasteiger partial charge on any atom is 1.00 e. The fourth-order valence-corrected chi connectivity index (χ4v) is 0. The third-order valence-electron chi connectivity index (χ3n) is 0. The van der Waals surface area contributed by atoms with Gasteiger partial charge in [-0.1, -0.05) is 0 Å². The zero-order chi connectivity index (χ0) is 0. The average Bonchev–Trinajstić information content (AvgIpc) is 0. The van der Waals surface area contributed by atoms with Gasteiger partial charge in [-0.15, -0.1) is 0 Å². The molecular formula is H6ClNaO3Sc2. The molecule has 0 fully saturated rings. The van der Waals surface area contributed by atoms with Crippen LogP contribution in [0, 0.1) is 0 Å². The molecule has 0 aromatic rings. The van der Waals surface area contributed by atoms with Crippen LogP contribution in [0.2, 0.25) is 0 Å².